The molecule has 0 atom stereocenters. The minimum atomic E-state index is 1.09. The summed E-state index contributed by atoms with van der Waals surface area (Å²) in [5.41, 5.74) is 14.4. The first kappa shape index (κ1) is 35.5. The quantitative estimate of drug-likeness (QED) is 0.152. The van der Waals surface area contributed by atoms with Crippen LogP contribution >= 0.6 is 0 Å². The summed E-state index contributed by atoms with van der Waals surface area (Å²) in [4.78, 5) is 4.79. The van der Waals surface area contributed by atoms with Crippen molar-refractivity contribution in [2.45, 2.75) is 12.8 Å². The lowest BCUT2D eigenvalue weighted by Gasteiger charge is -2.28. The number of rotatable bonds is 8. The van der Waals surface area contributed by atoms with Crippen LogP contribution in [-0.4, -0.2) is 0 Å². The summed E-state index contributed by atoms with van der Waals surface area (Å²) in [5, 5.41) is 7.37. The van der Waals surface area contributed by atoms with E-state index in [0.717, 1.165) is 41.3 Å². The van der Waals surface area contributed by atoms with Gasteiger partial charge in [-0.2, -0.15) is 0 Å². The lowest BCUT2D eigenvalue weighted by molar-refractivity contribution is 0.985. The van der Waals surface area contributed by atoms with Gasteiger partial charge in [-0.05, 0) is 128 Å². The predicted octanol–water partition coefficient (Wildman–Crippen LogP) is 16.4. The van der Waals surface area contributed by atoms with Crippen LogP contribution in [0.15, 0.2) is 224 Å². The van der Waals surface area contributed by atoms with E-state index in [4.69, 9.17) is 0 Å². The van der Waals surface area contributed by atoms with Crippen LogP contribution in [0.25, 0.3) is 60.6 Å². The highest BCUT2D eigenvalue weighted by atomic mass is 15.1. The molecule has 10 aromatic rings. The summed E-state index contributed by atoms with van der Waals surface area (Å²) in [6.07, 6.45) is 6.76. The number of fused-ring (bicyclic) bond motifs is 4. The molecule has 10 aromatic carbocycles. The molecular weight excluding hydrogens is 725 g/mol. The maximum atomic E-state index is 2.41. The summed E-state index contributed by atoms with van der Waals surface area (Å²) in [7, 11) is 0. The molecule has 0 N–H and O–H groups in total. The predicted molar refractivity (Wildman–Crippen MR) is 257 cm³/mol. The summed E-state index contributed by atoms with van der Waals surface area (Å²) in [5.74, 6) is 0. The molecule has 1 aliphatic carbocycles. The van der Waals surface area contributed by atoms with Gasteiger partial charge in [0.1, 0.15) is 0 Å². The van der Waals surface area contributed by atoms with Crippen molar-refractivity contribution in [2.24, 2.45) is 0 Å². The van der Waals surface area contributed by atoms with Gasteiger partial charge in [0.2, 0.25) is 0 Å². The molecule has 60 heavy (non-hydrogen) atoms. The van der Waals surface area contributed by atoms with Crippen molar-refractivity contribution in [1.82, 2.24) is 0 Å². The Balaban J connectivity index is 0.902. The minimum Gasteiger partial charge on any atom is -0.310 e. The second kappa shape index (κ2) is 15.2. The van der Waals surface area contributed by atoms with Gasteiger partial charge in [-0.15, -0.1) is 0 Å². The van der Waals surface area contributed by atoms with Crippen molar-refractivity contribution in [3.8, 4) is 22.3 Å². The SMILES string of the molecule is C1=Cc2cc(N(c3ccc(-c4ccc(-c5ccc(N(c6ccc7ccccc7c6)c6cccc7ccccc67)cc5)cc4)cc3)c3cccc4ccccc34)ccc2CC1. The van der Waals surface area contributed by atoms with Crippen LogP contribution in [0.4, 0.5) is 34.1 Å². The monoisotopic (exact) mass is 766 g/mol. The van der Waals surface area contributed by atoms with Gasteiger partial charge in [-0.1, -0.05) is 170 Å². The molecule has 2 heteroatoms. The Bertz CT molecular complexity index is 3180. The average molecular weight is 767 g/mol. The number of anilines is 6. The second-order valence-electron chi connectivity index (χ2n) is 15.7. The fraction of sp³-hybridized carbons (Fsp3) is 0.0345. The van der Waals surface area contributed by atoms with E-state index in [9.17, 15) is 0 Å². The largest absolute Gasteiger partial charge is 0.310 e. The van der Waals surface area contributed by atoms with Crippen molar-refractivity contribution in [1.29, 1.82) is 0 Å². The molecule has 0 radical (unpaired) electrons. The first-order chi connectivity index (χ1) is 29.7. The molecule has 0 fully saturated rings. The summed E-state index contributed by atoms with van der Waals surface area (Å²) in [6.45, 7) is 0. The third-order valence-corrected chi connectivity index (χ3v) is 12.1. The molecule has 0 spiro atoms. The molecule has 1 aliphatic rings. The summed E-state index contributed by atoms with van der Waals surface area (Å²) >= 11 is 0. The Kier molecular flexibility index (Phi) is 9.02. The summed E-state index contributed by atoms with van der Waals surface area (Å²) < 4.78 is 0. The Morgan fingerprint density at radius 2 is 0.750 bits per heavy atom. The van der Waals surface area contributed by atoms with Crippen LogP contribution < -0.4 is 9.80 Å². The van der Waals surface area contributed by atoms with E-state index in [1.165, 1.54) is 71.4 Å². The average Bonchev–Trinajstić information content (AvgIpc) is 3.32. The van der Waals surface area contributed by atoms with Crippen LogP contribution in [0.1, 0.15) is 17.5 Å². The molecule has 0 saturated carbocycles. The highest BCUT2D eigenvalue weighted by Crippen LogP contribution is 2.43. The number of hydrogen-bond donors (Lipinski definition) is 0. The first-order valence-corrected chi connectivity index (χ1v) is 20.9. The van der Waals surface area contributed by atoms with E-state index < -0.39 is 0 Å². The third-order valence-electron chi connectivity index (χ3n) is 12.1. The van der Waals surface area contributed by atoms with E-state index in [-0.39, 0.29) is 0 Å². The normalized spacial score (nSPS) is 12.1. The fourth-order valence-electron chi connectivity index (χ4n) is 8.99. The van der Waals surface area contributed by atoms with Gasteiger partial charge in [0, 0.05) is 33.5 Å². The molecule has 2 nitrogen and oxygen atoms in total. The smallest absolute Gasteiger partial charge is 0.0540 e. The van der Waals surface area contributed by atoms with Gasteiger partial charge >= 0.3 is 0 Å². The molecule has 0 aromatic heterocycles. The molecule has 0 bridgehead atoms. The number of allylic oxidation sites excluding steroid dienone is 1. The van der Waals surface area contributed by atoms with E-state index in [2.05, 4.69) is 240 Å². The second-order valence-corrected chi connectivity index (χ2v) is 15.7. The zero-order valence-electron chi connectivity index (χ0n) is 33.2. The highest BCUT2D eigenvalue weighted by molar-refractivity contribution is 6.01. The lowest BCUT2D eigenvalue weighted by atomic mass is 9.96. The maximum absolute atomic E-state index is 2.41. The van der Waals surface area contributed by atoms with E-state index in [1.54, 1.807) is 0 Å². The number of hydrogen-bond acceptors (Lipinski definition) is 2. The third kappa shape index (κ3) is 6.59. The fourth-order valence-corrected chi connectivity index (χ4v) is 8.99. The van der Waals surface area contributed by atoms with Gasteiger partial charge in [-0.3, -0.25) is 0 Å². The Morgan fingerprint density at radius 3 is 1.32 bits per heavy atom. The van der Waals surface area contributed by atoms with Crippen molar-refractivity contribution in [3.63, 3.8) is 0 Å². The topological polar surface area (TPSA) is 6.48 Å². The molecule has 0 saturated heterocycles. The number of benzene rings is 10. The van der Waals surface area contributed by atoms with Crippen LogP contribution in [0.2, 0.25) is 0 Å². The molecule has 0 amide bonds. The Hall–Kier alpha value is -7.68. The molecule has 0 heterocycles. The van der Waals surface area contributed by atoms with Crippen LogP contribution in [0.5, 0.6) is 0 Å². The zero-order valence-corrected chi connectivity index (χ0v) is 33.2. The zero-order chi connectivity index (χ0) is 39.8. The molecular formula is C58H42N2. The van der Waals surface area contributed by atoms with Gasteiger partial charge in [0.05, 0.1) is 11.4 Å². The first-order valence-electron chi connectivity index (χ1n) is 20.9. The van der Waals surface area contributed by atoms with Crippen molar-refractivity contribution in [2.75, 3.05) is 9.80 Å². The van der Waals surface area contributed by atoms with Crippen molar-refractivity contribution in [3.05, 3.63) is 236 Å². The van der Waals surface area contributed by atoms with Crippen molar-refractivity contribution < 1.29 is 0 Å². The maximum Gasteiger partial charge on any atom is 0.0540 e. The standard InChI is InChI=1S/C58H42N2/c1-3-15-49-39-53(37-31-41(49)11-1)59(57-21-9-17-47-13-5-7-19-55(47)57)51-33-27-45(28-34-51)43-23-25-44(26-24-43)46-29-35-52(36-30-46)60(54-38-32-42-12-2-4-16-50(42)40-54)58-22-10-18-48-14-6-8-20-56(48)58/h1,3-11,13-40H,2,12H2. The Labute approximate surface area is 351 Å². The summed E-state index contributed by atoms with van der Waals surface area (Å²) in [6, 6.07) is 79.7. The van der Waals surface area contributed by atoms with Crippen LogP contribution in [-0.2, 0) is 6.42 Å². The van der Waals surface area contributed by atoms with Crippen LogP contribution in [0, 0.1) is 0 Å². The number of nitrogens with zero attached hydrogens (tertiary/aromatic N) is 2. The van der Waals surface area contributed by atoms with Gasteiger partial charge < -0.3 is 9.80 Å². The van der Waals surface area contributed by atoms with Gasteiger partial charge in [0.25, 0.3) is 0 Å². The van der Waals surface area contributed by atoms with E-state index in [0.29, 0.717) is 0 Å². The lowest BCUT2D eigenvalue weighted by Crippen LogP contribution is -2.11. The highest BCUT2D eigenvalue weighted by Gasteiger charge is 2.19. The molecule has 284 valence electrons. The molecule has 0 unspecified atom stereocenters. The minimum absolute atomic E-state index is 1.09. The molecule has 11 rings (SSSR count). The van der Waals surface area contributed by atoms with Crippen LogP contribution in [0.3, 0.4) is 0 Å². The van der Waals surface area contributed by atoms with E-state index in [1.807, 2.05) is 0 Å². The molecule has 0 aliphatic heterocycles. The van der Waals surface area contributed by atoms with Gasteiger partial charge in [-0.25, -0.2) is 0 Å². The number of aryl methyl sites for hydroxylation is 1. The Morgan fingerprint density at radius 1 is 0.317 bits per heavy atom. The van der Waals surface area contributed by atoms with Gasteiger partial charge in [0.15, 0.2) is 0 Å². The van der Waals surface area contributed by atoms with Crippen molar-refractivity contribution >= 4 is 72.5 Å². The van der Waals surface area contributed by atoms with E-state index >= 15 is 0 Å².